The Balaban J connectivity index is 1.74. The maximum absolute atomic E-state index is 8.77. The third-order valence-corrected chi connectivity index (χ3v) is 5.22. The highest BCUT2D eigenvalue weighted by Crippen LogP contribution is 2.39. The predicted molar refractivity (Wildman–Crippen MR) is 89.2 cm³/mol. The van der Waals surface area contributed by atoms with Gasteiger partial charge in [-0.25, -0.2) is 14.6 Å². The Morgan fingerprint density at radius 3 is 3.17 bits per heavy atom. The molecule has 0 unspecified atom stereocenters. The van der Waals surface area contributed by atoms with Gasteiger partial charge in [-0.3, -0.25) is 0 Å². The number of hydrogen-bond donors (Lipinski definition) is 0. The normalized spacial score (nSPS) is 17.7. The number of rotatable bonds is 4. The van der Waals surface area contributed by atoms with E-state index in [9.17, 15) is 0 Å². The maximum Gasteiger partial charge on any atom is 0.163 e. The highest BCUT2D eigenvalue weighted by molar-refractivity contribution is 7.10. The van der Waals surface area contributed by atoms with Gasteiger partial charge in [-0.1, -0.05) is 6.07 Å². The summed E-state index contributed by atoms with van der Waals surface area (Å²) < 4.78 is 1.79. The third kappa shape index (κ3) is 2.45. The van der Waals surface area contributed by atoms with E-state index in [0.29, 0.717) is 19.0 Å². The molecule has 0 amide bonds. The minimum absolute atomic E-state index is 0.385. The van der Waals surface area contributed by atoms with Crippen LogP contribution in [0.4, 0.5) is 5.82 Å². The Morgan fingerprint density at radius 2 is 2.35 bits per heavy atom. The Kier molecular flexibility index (Phi) is 3.67. The second-order valence-electron chi connectivity index (χ2n) is 5.58. The van der Waals surface area contributed by atoms with Crippen LogP contribution in [0.15, 0.2) is 30.0 Å². The van der Waals surface area contributed by atoms with Gasteiger partial charge in [-0.15, -0.1) is 11.3 Å². The van der Waals surface area contributed by atoms with Gasteiger partial charge in [-0.05, 0) is 24.3 Å². The number of anilines is 1. The minimum atomic E-state index is 0.385. The van der Waals surface area contributed by atoms with Gasteiger partial charge < -0.3 is 4.90 Å². The molecule has 116 valence electrons. The van der Waals surface area contributed by atoms with Gasteiger partial charge in [0, 0.05) is 11.4 Å². The lowest BCUT2D eigenvalue weighted by Crippen LogP contribution is -2.23. The molecule has 1 fully saturated rings. The van der Waals surface area contributed by atoms with Crippen molar-refractivity contribution in [2.75, 3.05) is 11.4 Å². The third-order valence-electron chi connectivity index (χ3n) is 4.24. The van der Waals surface area contributed by atoms with Gasteiger partial charge in [0.2, 0.25) is 0 Å². The Hall–Kier alpha value is -2.46. The van der Waals surface area contributed by atoms with Crippen LogP contribution in [0.2, 0.25) is 0 Å². The fraction of sp³-hybridized carbons (Fsp3) is 0.375. The van der Waals surface area contributed by atoms with Crippen molar-refractivity contribution in [1.82, 2.24) is 19.7 Å². The van der Waals surface area contributed by atoms with Crippen molar-refractivity contribution in [1.29, 1.82) is 5.26 Å². The number of thiophene rings is 1. The number of aryl methyl sites for hydroxylation is 1. The van der Waals surface area contributed by atoms with E-state index in [-0.39, 0.29) is 0 Å². The average Bonchev–Trinajstić information content (AvgIpc) is 3.31. The molecule has 0 aromatic carbocycles. The molecule has 3 aromatic heterocycles. The van der Waals surface area contributed by atoms with Gasteiger partial charge in [-0.2, -0.15) is 10.4 Å². The first-order chi connectivity index (χ1) is 11.4. The molecule has 0 aliphatic carbocycles. The van der Waals surface area contributed by atoms with Crippen molar-refractivity contribution in [3.05, 3.63) is 34.9 Å². The lowest BCUT2D eigenvalue weighted by atomic mass is 10.2. The van der Waals surface area contributed by atoms with Crippen molar-refractivity contribution >= 4 is 28.2 Å². The first-order valence-electron chi connectivity index (χ1n) is 7.72. The van der Waals surface area contributed by atoms with Crippen LogP contribution in [0, 0.1) is 11.3 Å². The Bertz CT molecular complexity index is 847. The molecule has 0 spiro atoms. The maximum atomic E-state index is 8.77. The first-order valence-corrected chi connectivity index (χ1v) is 8.60. The van der Waals surface area contributed by atoms with Crippen molar-refractivity contribution in [2.45, 2.75) is 31.8 Å². The molecule has 0 bridgehead atoms. The van der Waals surface area contributed by atoms with Gasteiger partial charge in [0.15, 0.2) is 5.65 Å². The van der Waals surface area contributed by atoms with Crippen molar-refractivity contribution in [3.63, 3.8) is 0 Å². The predicted octanol–water partition coefficient (Wildman–Crippen LogP) is 3.14. The second-order valence-corrected chi connectivity index (χ2v) is 6.56. The van der Waals surface area contributed by atoms with Gasteiger partial charge in [0.1, 0.15) is 12.1 Å². The summed E-state index contributed by atoms with van der Waals surface area (Å²) >= 11 is 1.80. The van der Waals surface area contributed by atoms with E-state index in [4.69, 9.17) is 5.26 Å². The molecule has 3 aromatic rings. The van der Waals surface area contributed by atoms with Crippen molar-refractivity contribution in [2.24, 2.45) is 0 Å². The largest absolute Gasteiger partial charge is 0.348 e. The van der Waals surface area contributed by atoms with E-state index in [0.717, 1.165) is 36.2 Å². The molecule has 23 heavy (non-hydrogen) atoms. The van der Waals surface area contributed by atoms with Crippen LogP contribution in [0.25, 0.3) is 11.0 Å². The first kappa shape index (κ1) is 14.2. The molecule has 7 heteroatoms. The van der Waals surface area contributed by atoms with Crippen molar-refractivity contribution < 1.29 is 0 Å². The van der Waals surface area contributed by atoms with Crippen LogP contribution in [0.3, 0.4) is 0 Å². The van der Waals surface area contributed by atoms with Gasteiger partial charge >= 0.3 is 0 Å². The molecule has 1 saturated heterocycles. The van der Waals surface area contributed by atoms with E-state index in [1.807, 2.05) is 6.20 Å². The number of aromatic nitrogens is 4. The van der Waals surface area contributed by atoms with Crippen LogP contribution in [-0.2, 0) is 6.54 Å². The summed E-state index contributed by atoms with van der Waals surface area (Å²) in [6.45, 7) is 1.56. The smallest absolute Gasteiger partial charge is 0.163 e. The molecule has 6 nitrogen and oxygen atoms in total. The molecular weight excluding hydrogens is 308 g/mol. The quantitative estimate of drug-likeness (QED) is 0.737. The van der Waals surface area contributed by atoms with E-state index in [1.165, 1.54) is 4.88 Å². The molecule has 1 atom stereocenters. The zero-order chi connectivity index (χ0) is 15.6. The van der Waals surface area contributed by atoms with Gasteiger partial charge in [0.25, 0.3) is 0 Å². The zero-order valence-electron chi connectivity index (χ0n) is 12.6. The van der Waals surface area contributed by atoms with Crippen LogP contribution in [0.1, 0.15) is 30.2 Å². The van der Waals surface area contributed by atoms with Gasteiger partial charge in [0.05, 0.1) is 36.7 Å². The summed E-state index contributed by atoms with van der Waals surface area (Å²) in [4.78, 5) is 12.7. The summed E-state index contributed by atoms with van der Waals surface area (Å²) in [7, 11) is 0. The fourth-order valence-electron chi connectivity index (χ4n) is 3.23. The standard InChI is InChI=1S/C16H16N6S/c17-6-3-8-22-16-12(10-20-22)15(18-11-19-16)21-7-1-4-13(21)14-5-2-9-23-14/h2,5,9-11,13H,1,3-4,7-8H2/t13-/m0/s1. The molecule has 4 heterocycles. The Morgan fingerprint density at radius 1 is 1.39 bits per heavy atom. The highest BCUT2D eigenvalue weighted by Gasteiger charge is 2.29. The Labute approximate surface area is 138 Å². The number of hydrogen-bond acceptors (Lipinski definition) is 6. The average molecular weight is 324 g/mol. The zero-order valence-corrected chi connectivity index (χ0v) is 13.4. The number of fused-ring (bicyclic) bond motifs is 1. The van der Waals surface area contributed by atoms with Crippen LogP contribution < -0.4 is 4.90 Å². The molecule has 0 radical (unpaired) electrons. The second kappa shape index (κ2) is 5.97. The monoisotopic (exact) mass is 324 g/mol. The summed E-state index contributed by atoms with van der Waals surface area (Å²) in [5.74, 6) is 0.953. The highest BCUT2D eigenvalue weighted by atomic mass is 32.1. The van der Waals surface area contributed by atoms with E-state index >= 15 is 0 Å². The molecule has 0 saturated carbocycles. The molecule has 4 rings (SSSR count). The molecule has 0 N–H and O–H groups in total. The van der Waals surface area contributed by atoms with Crippen LogP contribution in [0.5, 0.6) is 0 Å². The molecular formula is C16H16N6S. The SMILES string of the molecule is N#CCCn1ncc2c(N3CCC[C@H]3c3cccs3)ncnc21. The number of nitrogens with zero attached hydrogens (tertiary/aromatic N) is 6. The lowest BCUT2D eigenvalue weighted by molar-refractivity contribution is 0.643. The summed E-state index contributed by atoms with van der Waals surface area (Å²) in [6, 6.07) is 6.84. The fourth-order valence-corrected chi connectivity index (χ4v) is 4.10. The summed E-state index contributed by atoms with van der Waals surface area (Å²) in [5, 5.41) is 16.3. The van der Waals surface area contributed by atoms with Crippen LogP contribution in [-0.4, -0.2) is 26.3 Å². The lowest BCUT2D eigenvalue weighted by Gasteiger charge is -2.25. The topological polar surface area (TPSA) is 70.6 Å². The minimum Gasteiger partial charge on any atom is -0.348 e. The molecule has 1 aliphatic heterocycles. The summed E-state index contributed by atoms with van der Waals surface area (Å²) in [5.41, 5.74) is 0.807. The number of nitriles is 1. The van der Waals surface area contributed by atoms with E-state index in [2.05, 4.69) is 43.5 Å². The van der Waals surface area contributed by atoms with E-state index in [1.54, 1.807) is 22.3 Å². The summed E-state index contributed by atoms with van der Waals surface area (Å²) in [6.07, 6.45) is 6.17. The van der Waals surface area contributed by atoms with Crippen LogP contribution >= 0.6 is 11.3 Å². The van der Waals surface area contributed by atoms with Crippen molar-refractivity contribution in [3.8, 4) is 6.07 Å². The molecule has 1 aliphatic rings. The van der Waals surface area contributed by atoms with E-state index < -0.39 is 0 Å².